The van der Waals surface area contributed by atoms with E-state index in [0.29, 0.717) is 6.29 Å². The molecular weight excluding hydrogens is 188 g/mol. The van der Waals surface area contributed by atoms with E-state index in [9.17, 15) is 14.4 Å². The molecule has 0 aliphatic heterocycles. The minimum atomic E-state index is -0.665. The molecule has 0 aromatic carbocycles. The summed E-state index contributed by atoms with van der Waals surface area (Å²) in [5.74, 6) is -1.27. The second kappa shape index (κ2) is 6.59. The third-order valence-corrected chi connectivity index (χ3v) is 1.23. The van der Waals surface area contributed by atoms with Crippen LogP contribution in [0.25, 0.3) is 0 Å². The van der Waals surface area contributed by atoms with Crippen molar-refractivity contribution in [3.8, 4) is 0 Å². The van der Waals surface area contributed by atoms with Crippen LogP contribution >= 0.6 is 0 Å². The Hall–Kier alpha value is -1.91. The first kappa shape index (κ1) is 12.1. The molecule has 14 heavy (non-hydrogen) atoms. The zero-order valence-electron chi connectivity index (χ0n) is 7.85. The van der Waals surface area contributed by atoms with E-state index in [1.54, 1.807) is 0 Å². The molecule has 0 heterocycles. The molecule has 5 nitrogen and oxygen atoms in total. The highest BCUT2D eigenvalue weighted by atomic mass is 16.5. The largest absolute Gasteiger partial charge is 0.466 e. The molecule has 0 spiro atoms. The van der Waals surface area contributed by atoms with Gasteiger partial charge in [0, 0.05) is 17.7 Å². The van der Waals surface area contributed by atoms with Crippen LogP contribution in [-0.4, -0.2) is 32.4 Å². The van der Waals surface area contributed by atoms with Gasteiger partial charge in [-0.25, -0.2) is 9.59 Å². The van der Waals surface area contributed by atoms with Gasteiger partial charge in [0.15, 0.2) is 0 Å². The highest BCUT2D eigenvalue weighted by molar-refractivity contribution is 5.93. The van der Waals surface area contributed by atoms with Crippen LogP contribution < -0.4 is 0 Å². The van der Waals surface area contributed by atoms with Crippen molar-refractivity contribution >= 4 is 18.2 Å². The summed E-state index contributed by atoms with van der Waals surface area (Å²) in [6, 6.07) is 0. The summed E-state index contributed by atoms with van der Waals surface area (Å²) in [6.45, 7) is 0. The SMILES string of the molecule is COC(=O)/C=C(C=O)/C=C/C(=O)OC. The molecule has 0 saturated heterocycles. The van der Waals surface area contributed by atoms with Gasteiger partial charge < -0.3 is 9.47 Å². The molecule has 0 aliphatic carbocycles. The van der Waals surface area contributed by atoms with Crippen molar-refractivity contribution < 1.29 is 23.9 Å². The summed E-state index contributed by atoms with van der Waals surface area (Å²) in [5, 5.41) is 0. The normalized spacial score (nSPS) is 11.1. The quantitative estimate of drug-likeness (QED) is 0.275. The van der Waals surface area contributed by atoms with Crippen LogP contribution in [0, 0.1) is 0 Å². The molecule has 0 aliphatic rings. The van der Waals surface area contributed by atoms with Gasteiger partial charge >= 0.3 is 11.9 Å². The number of allylic oxidation sites excluding steroid dienone is 2. The van der Waals surface area contributed by atoms with Gasteiger partial charge in [-0.1, -0.05) is 0 Å². The van der Waals surface area contributed by atoms with E-state index < -0.39 is 11.9 Å². The van der Waals surface area contributed by atoms with E-state index in [-0.39, 0.29) is 5.57 Å². The van der Waals surface area contributed by atoms with Crippen LogP contribution in [0.15, 0.2) is 23.8 Å². The lowest BCUT2D eigenvalue weighted by atomic mass is 10.2. The van der Waals surface area contributed by atoms with Gasteiger partial charge in [-0.2, -0.15) is 0 Å². The minimum absolute atomic E-state index is 0.0299. The lowest BCUT2D eigenvalue weighted by Crippen LogP contribution is -1.98. The molecule has 0 aromatic heterocycles. The third-order valence-electron chi connectivity index (χ3n) is 1.23. The summed E-state index contributed by atoms with van der Waals surface area (Å²) in [7, 11) is 2.39. The van der Waals surface area contributed by atoms with E-state index in [4.69, 9.17) is 0 Å². The van der Waals surface area contributed by atoms with Crippen molar-refractivity contribution in [2.24, 2.45) is 0 Å². The number of carbonyl (C=O) groups is 3. The fourth-order valence-corrected chi connectivity index (χ4v) is 0.549. The van der Waals surface area contributed by atoms with Crippen LogP contribution in [0.3, 0.4) is 0 Å². The van der Waals surface area contributed by atoms with Crippen molar-refractivity contribution in [2.75, 3.05) is 14.2 Å². The van der Waals surface area contributed by atoms with Gasteiger partial charge in [-0.15, -0.1) is 0 Å². The zero-order valence-corrected chi connectivity index (χ0v) is 7.85. The summed E-state index contributed by atoms with van der Waals surface area (Å²) < 4.78 is 8.58. The Morgan fingerprint density at radius 3 is 2.00 bits per heavy atom. The van der Waals surface area contributed by atoms with E-state index in [2.05, 4.69) is 9.47 Å². The summed E-state index contributed by atoms with van der Waals surface area (Å²) >= 11 is 0. The second-order valence-corrected chi connectivity index (χ2v) is 2.14. The lowest BCUT2D eigenvalue weighted by molar-refractivity contribution is -0.135. The minimum Gasteiger partial charge on any atom is -0.466 e. The first-order chi connectivity index (χ1) is 6.63. The first-order valence-corrected chi connectivity index (χ1v) is 3.65. The molecule has 0 unspecified atom stereocenters. The Labute approximate surface area is 81.0 Å². The zero-order chi connectivity index (χ0) is 11.0. The van der Waals surface area contributed by atoms with Gasteiger partial charge in [0.2, 0.25) is 0 Å². The number of hydrogen-bond donors (Lipinski definition) is 0. The van der Waals surface area contributed by atoms with Crippen molar-refractivity contribution in [1.29, 1.82) is 0 Å². The maximum absolute atomic E-state index is 10.7. The molecular formula is C9H10O5. The van der Waals surface area contributed by atoms with Gasteiger partial charge in [-0.3, -0.25) is 4.79 Å². The number of carbonyl (C=O) groups excluding carboxylic acids is 3. The number of aldehydes is 1. The number of rotatable bonds is 4. The highest BCUT2D eigenvalue weighted by Gasteiger charge is 1.98. The van der Waals surface area contributed by atoms with Crippen LogP contribution in [0.5, 0.6) is 0 Å². The monoisotopic (exact) mass is 198 g/mol. The van der Waals surface area contributed by atoms with E-state index >= 15 is 0 Å². The maximum Gasteiger partial charge on any atom is 0.331 e. The molecule has 0 atom stereocenters. The maximum atomic E-state index is 10.7. The van der Waals surface area contributed by atoms with Crippen LogP contribution in [0.1, 0.15) is 0 Å². The molecule has 0 bridgehead atoms. The average molecular weight is 198 g/mol. The van der Waals surface area contributed by atoms with Crippen LogP contribution in [0.4, 0.5) is 0 Å². The third kappa shape index (κ3) is 4.87. The van der Waals surface area contributed by atoms with Gasteiger partial charge in [0.1, 0.15) is 6.29 Å². The van der Waals surface area contributed by atoms with Crippen molar-refractivity contribution in [3.05, 3.63) is 23.8 Å². The highest BCUT2D eigenvalue weighted by Crippen LogP contribution is 1.94. The first-order valence-electron chi connectivity index (χ1n) is 3.65. The lowest BCUT2D eigenvalue weighted by Gasteiger charge is -1.92. The molecule has 0 aromatic rings. The summed E-state index contributed by atoms with van der Waals surface area (Å²) in [5.41, 5.74) is 0.0299. The topological polar surface area (TPSA) is 69.7 Å². The van der Waals surface area contributed by atoms with Crippen LogP contribution in [-0.2, 0) is 23.9 Å². The van der Waals surface area contributed by atoms with E-state index in [1.165, 1.54) is 14.2 Å². The Kier molecular flexibility index (Phi) is 5.69. The second-order valence-electron chi connectivity index (χ2n) is 2.14. The standard InChI is InChI=1S/C9H10O5/c1-13-8(11)4-3-7(6-10)5-9(12)14-2/h3-6H,1-2H3/b4-3+,7-5-. The van der Waals surface area contributed by atoms with Gasteiger partial charge in [0.25, 0.3) is 0 Å². The summed E-state index contributed by atoms with van der Waals surface area (Å²) in [4.78, 5) is 31.7. The molecule has 0 amide bonds. The van der Waals surface area contributed by atoms with Gasteiger partial charge in [0.05, 0.1) is 14.2 Å². The number of hydrogen-bond acceptors (Lipinski definition) is 5. The summed E-state index contributed by atoms with van der Waals surface area (Å²) in [6.07, 6.45) is 3.59. The van der Waals surface area contributed by atoms with Crippen molar-refractivity contribution in [1.82, 2.24) is 0 Å². The molecule has 76 valence electrons. The average Bonchev–Trinajstić information content (AvgIpc) is 2.22. The fourth-order valence-electron chi connectivity index (χ4n) is 0.549. The van der Waals surface area contributed by atoms with Gasteiger partial charge in [-0.05, 0) is 6.08 Å². The Balaban J connectivity index is 4.51. The predicted molar refractivity (Wildman–Crippen MR) is 47.3 cm³/mol. The van der Waals surface area contributed by atoms with Crippen molar-refractivity contribution in [2.45, 2.75) is 0 Å². The number of ether oxygens (including phenoxy) is 2. The van der Waals surface area contributed by atoms with Crippen molar-refractivity contribution in [3.63, 3.8) is 0 Å². The fraction of sp³-hybridized carbons (Fsp3) is 0.222. The number of esters is 2. The Bertz CT molecular complexity index is 288. The smallest absolute Gasteiger partial charge is 0.331 e. The molecule has 0 radical (unpaired) electrons. The Morgan fingerprint density at radius 1 is 1.00 bits per heavy atom. The Morgan fingerprint density at radius 2 is 1.57 bits per heavy atom. The van der Waals surface area contributed by atoms with Crippen LogP contribution in [0.2, 0.25) is 0 Å². The van der Waals surface area contributed by atoms with E-state index in [1.807, 2.05) is 0 Å². The number of methoxy groups -OCH3 is 2. The molecule has 0 rings (SSSR count). The molecule has 0 N–H and O–H groups in total. The molecule has 5 heteroatoms. The molecule has 0 fully saturated rings. The predicted octanol–water partition coefficient (Wildman–Crippen LogP) is 0.0139. The molecule has 0 saturated carbocycles. The van der Waals surface area contributed by atoms with E-state index in [0.717, 1.165) is 18.2 Å².